The van der Waals surface area contributed by atoms with Gasteiger partial charge in [-0.05, 0) is 18.6 Å². The molecule has 0 saturated heterocycles. The molecule has 0 aliphatic heterocycles. The lowest BCUT2D eigenvalue weighted by molar-refractivity contribution is -0.137. The van der Waals surface area contributed by atoms with E-state index in [1.165, 1.54) is 4.68 Å². The van der Waals surface area contributed by atoms with Crippen molar-refractivity contribution >= 4 is 11.9 Å². The fourth-order valence-electron chi connectivity index (χ4n) is 1.78. The lowest BCUT2D eigenvalue weighted by Gasteiger charge is -2.03. The zero-order chi connectivity index (χ0) is 15.1. The molecule has 0 bridgehead atoms. The summed E-state index contributed by atoms with van der Waals surface area (Å²) in [4.78, 5) is 22.3. The molecule has 0 atom stereocenters. The van der Waals surface area contributed by atoms with Crippen LogP contribution in [0.15, 0.2) is 30.7 Å². The van der Waals surface area contributed by atoms with Crippen LogP contribution in [-0.2, 0) is 17.9 Å². The number of carbonyl (C=O) groups is 2. The molecule has 8 heteroatoms. The largest absolute Gasteiger partial charge is 0.481 e. The molecule has 0 unspecified atom stereocenters. The van der Waals surface area contributed by atoms with Crippen LogP contribution in [0.25, 0.3) is 0 Å². The maximum absolute atomic E-state index is 11.8. The number of aromatic nitrogens is 4. The summed E-state index contributed by atoms with van der Waals surface area (Å²) in [5, 5.41) is 19.5. The second-order valence-corrected chi connectivity index (χ2v) is 4.49. The van der Waals surface area contributed by atoms with Crippen LogP contribution in [0.3, 0.4) is 0 Å². The number of rotatable bonds is 8. The number of carbonyl (C=O) groups excluding carboxylic acids is 1. The van der Waals surface area contributed by atoms with Crippen LogP contribution >= 0.6 is 0 Å². The van der Waals surface area contributed by atoms with Crippen LogP contribution in [0, 0.1) is 0 Å². The smallest absolute Gasteiger partial charge is 0.305 e. The third kappa shape index (κ3) is 4.75. The van der Waals surface area contributed by atoms with E-state index < -0.39 is 5.97 Å². The van der Waals surface area contributed by atoms with Crippen LogP contribution < -0.4 is 5.32 Å². The van der Waals surface area contributed by atoms with Crippen molar-refractivity contribution in [3.05, 3.63) is 36.4 Å². The highest BCUT2D eigenvalue weighted by Gasteiger charge is 2.09. The maximum Gasteiger partial charge on any atom is 0.305 e. The lowest BCUT2D eigenvalue weighted by Crippen LogP contribution is -2.26. The SMILES string of the molecule is O=C(O)CCn1ccc(C(=O)NCCCn2cccn2)n1. The molecule has 8 nitrogen and oxygen atoms in total. The summed E-state index contributed by atoms with van der Waals surface area (Å²) in [6.07, 6.45) is 5.93. The highest BCUT2D eigenvalue weighted by Crippen LogP contribution is 1.98. The zero-order valence-corrected chi connectivity index (χ0v) is 11.5. The fraction of sp³-hybridized carbons (Fsp3) is 0.385. The minimum atomic E-state index is -0.893. The first-order valence-electron chi connectivity index (χ1n) is 6.66. The fourth-order valence-corrected chi connectivity index (χ4v) is 1.78. The Morgan fingerprint density at radius 1 is 1.24 bits per heavy atom. The van der Waals surface area contributed by atoms with Gasteiger partial charge in [-0.2, -0.15) is 10.2 Å². The molecule has 0 aliphatic rings. The Morgan fingerprint density at radius 2 is 2.10 bits per heavy atom. The first-order chi connectivity index (χ1) is 10.1. The highest BCUT2D eigenvalue weighted by atomic mass is 16.4. The maximum atomic E-state index is 11.8. The van der Waals surface area contributed by atoms with Gasteiger partial charge in [-0.3, -0.25) is 19.0 Å². The van der Waals surface area contributed by atoms with Gasteiger partial charge >= 0.3 is 5.97 Å². The average Bonchev–Trinajstić information content (AvgIpc) is 3.12. The van der Waals surface area contributed by atoms with Gasteiger partial charge in [0.2, 0.25) is 0 Å². The minimum Gasteiger partial charge on any atom is -0.481 e. The Kier molecular flexibility index (Phi) is 5.08. The summed E-state index contributed by atoms with van der Waals surface area (Å²) < 4.78 is 3.25. The van der Waals surface area contributed by atoms with E-state index in [4.69, 9.17) is 5.11 Å². The summed E-state index contributed by atoms with van der Waals surface area (Å²) in [6, 6.07) is 3.42. The predicted octanol–water partition coefficient (Wildman–Crippen LogP) is 0.374. The van der Waals surface area contributed by atoms with E-state index in [9.17, 15) is 9.59 Å². The number of hydrogen-bond donors (Lipinski definition) is 2. The molecule has 2 N–H and O–H groups in total. The number of carboxylic acids is 1. The summed E-state index contributed by atoms with van der Waals surface area (Å²) in [7, 11) is 0. The Labute approximate surface area is 121 Å². The topological polar surface area (TPSA) is 102 Å². The third-order valence-electron chi connectivity index (χ3n) is 2.84. The molecule has 0 spiro atoms. The van der Waals surface area contributed by atoms with Crippen LogP contribution in [0.1, 0.15) is 23.3 Å². The molecule has 0 fully saturated rings. The van der Waals surface area contributed by atoms with Crippen molar-refractivity contribution < 1.29 is 14.7 Å². The summed E-state index contributed by atoms with van der Waals surface area (Å²) in [5.41, 5.74) is 0.291. The molecule has 2 heterocycles. The Hall–Kier alpha value is -2.64. The molecular weight excluding hydrogens is 274 g/mol. The van der Waals surface area contributed by atoms with Gasteiger partial charge in [-0.25, -0.2) is 0 Å². The third-order valence-corrected chi connectivity index (χ3v) is 2.84. The van der Waals surface area contributed by atoms with Crippen LogP contribution in [0.4, 0.5) is 0 Å². The van der Waals surface area contributed by atoms with Crippen molar-refractivity contribution in [1.82, 2.24) is 24.9 Å². The van der Waals surface area contributed by atoms with E-state index in [1.54, 1.807) is 23.1 Å². The monoisotopic (exact) mass is 291 g/mol. The number of nitrogens with zero attached hydrogens (tertiary/aromatic N) is 4. The van der Waals surface area contributed by atoms with E-state index in [1.807, 2.05) is 12.3 Å². The van der Waals surface area contributed by atoms with Crippen LogP contribution in [0.2, 0.25) is 0 Å². The lowest BCUT2D eigenvalue weighted by atomic mass is 10.3. The van der Waals surface area contributed by atoms with Gasteiger partial charge in [-0.15, -0.1) is 0 Å². The van der Waals surface area contributed by atoms with Crippen LogP contribution in [-0.4, -0.2) is 43.1 Å². The number of aryl methyl sites for hydroxylation is 2. The molecule has 21 heavy (non-hydrogen) atoms. The van der Waals surface area contributed by atoms with Crippen molar-refractivity contribution in [3.8, 4) is 0 Å². The van der Waals surface area contributed by atoms with Gasteiger partial charge in [0, 0.05) is 31.7 Å². The van der Waals surface area contributed by atoms with Crippen molar-refractivity contribution in [2.45, 2.75) is 25.9 Å². The number of amides is 1. The summed E-state index contributed by atoms with van der Waals surface area (Å²) in [6.45, 7) is 1.52. The number of carboxylic acid groups (broad SMARTS) is 1. The Balaban J connectivity index is 1.71. The molecule has 1 amide bonds. The number of nitrogens with one attached hydrogen (secondary N) is 1. The quantitative estimate of drug-likeness (QED) is 0.684. The first kappa shape index (κ1) is 14.8. The summed E-state index contributed by atoms with van der Waals surface area (Å²) >= 11 is 0. The standard InChI is InChI=1S/C13H17N5O3/c19-12(20)4-10-18-9-3-11(16-18)13(21)14-5-1-7-17-8-2-6-15-17/h2-3,6,8-9H,1,4-5,7,10H2,(H,14,21)(H,19,20). The van der Waals surface area contributed by atoms with Gasteiger partial charge < -0.3 is 10.4 Å². The Morgan fingerprint density at radius 3 is 2.81 bits per heavy atom. The van der Waals surface area contributed by atoms with E-state index in [-0.39, 0.29) is 18.9 Å². The van der Waals surface area contributed by atoms with Crippen LogP contribution in [0.5, 0.6) is 0 Å². The highest BCUT2D eigenvalue weighted by molar-refractivity contribution is 5.92. The molecule has 0 aliphatic carbocycles. The molecule has 0 radical (unpaired) electrons. The molecule has 2 aromatic heterocycles. The minimum absolute atomic E-state index is 0.0212. The van der Waals surface area contributed by atoms with Crippen molar-refractivity contribution in [2.24, 2.45) is 0 Å². The Bertz CT molecular complexity index is 591. The number of aliphatic carboxylic acids is 1. The number of hydrogen-bond acceptors (Lipinski definition) is 4. The second kappa shape index (κ2) is 7.22. The van der Waals surface area contributed by atoms with Gasteiger partial charge in [0.05, 0.1) is 13.0 Å². The van der Waals surface area contributed by atoms with Crippen molar-refractivity contribution in [2.75, 3.05) is 6.54 Å². The molecule has 2 aromatic rings. The zero-order valence-electron chi connectivity index (χ0n) is 11.5. The van der Waals surface area contributed by atoms with E-state index >= 15 is 0 Å². The molecule has 0 aromatic carbocycles. The van der Waals surface area contributed by atoms with Gasteiger partial charge in [0.25, 0.3) is 5.91 Å². The molecular formula is C13H17N5O3. The molecule has 2 rings (SSSR count). The van der Waals surface area contributed by atoms with Crippen molar-refractivity contribution in [3.63, 3.8) is 0 Å². The van der Waals surface area contributed by atoms with Crippen molar-refractivity contribution in [1.29, 1.82) is 0 Å². The normalized spacial score (nSPS) is 10.5. The second-order valence-electron chi connectivity index (χ2n) is 4.49. The van der Waals surface area contributed by atoms with Gasteiger partial charge in [0.15, 0.2) is 0 Å². The molecule has 0 saturated carbocycles. The first-order valence-corrected chi connectivity index (χ1v) is 6.66. The van der Waals surface area contributed by atoms with Gasteiger partial charge in [0.1, 0.15) is 5.69 Å². The summed E-state index contributed by atoms with van der Waals surface area (Å²) in [5.74, 6) is -1.15. The van der Waals surface area contributed by atoms with E-state index in [0.717, 1.165) is 13.0 Å². The van der Waals surface area contributed by atoms with E-state index in [2.05, 4.69) is 15.5 Å². The predicted molar refractivity (Wildman–Crippen MR) is 73.7 cm³/mol. The van der Waals surface area contributed by atoms with Gasteiger partial charge in [-0.1, -0.05) is 0 Å². The molecule has 112 valence electrons. The van der Waals surface area contributed by atoms with E-state index in [0.29, 0.717) is 12.2 Å². The average molecular weight is 291 g/mol.